The van der Waals surface area contributed by atoms with E-state index in [0.717, 1.165) is 31.0 Å². The van der Waals surface area contributed by atoms with Gasteiger partial charge in [-0.05, 0) is 44.2 Å². The van der Waals surface area contributed by atoms with Gasteiger partial charge in [-0.2, -0.15) is 0 Å². The zero-order valence-corrected chi connectivity index (χ0v) is 9.30. The minimum Gasteiger partial charge on any atom is -0.381 e. The summed E-state index contributed by atoms with van der Waals surface area (Å²) in [6, 6.07) is 0. The van der Waals surface area contributed by atoms with Crippen LogP contribution in [0.3, 0.4) is 0 Å². The molecule has 0 spiro atoms. The van der Waals surface area contributed by atoms with E-state index in [1.54, 1.807) is 0 Å². The van der Waals surface area contributed by atoms with Crippen LogP contribution in [0.25, 0.3) is 0 Å². The summed E-state index contributed by atoms with van der Waals surface area (Å²) in [5.41, 5.74) is 0. The highest BCUT2D eigenvalue weighted by molar-refractivity contribution is 4.84. The normalized spacial score (nSPS) is 27.2. The monoisotopic (exact) mass is 197 g/mol. The molecule has 0 bridgehead atoms. The molecule has 1 unspecified atom stereocenters. The quantitative estimate of drug-likeness (QED) is 0.745. The Morgan fingerprint density at radius 3 is 2.29 bits per heavy atom. The van der Waals surface area contributed by atoms with Gasteiger partial charge in [-0.15, -0.1) is 0 Å². The number of ether oxygens (including phenoxy) is 1. The smallest absolute Gasteiger partial charge is 0.0468 e. The molecule has 0 aromatic rings. The average Bonchev–Trinajstić information content (AvgIpc) is 2.16. The summed E-state index contributed by atoms with van der Waals surface area (Å²) >= 11 is 0. The van der Waals surface area contributed by atoms with Gasteiger partial charge in [0.1, 0.15) is 0 Å². The van der Waals surface area contributed by atoms with Gasteiger partial charge in [0.05, 0.1) is 0 Å². The Hall–Kier alpha value is -0.0800. The summed E-state index contributed by atoms with van der Waals surface area (Å²) < 4.78 is 5.44. The van der Waals surface area contributed by atoms with Crippen molar-refractivity contribution in [2.75, 3.05) is 26.8 Å². The summed E-state index contributed by atoms with van der Waals surface area (Å²) in [6.07, 6.45) is 7.01. The van der Waals surface area contributed by atoms with Crippen LogP contribution in [0.5, 0.6) is 0 Å². The van der Waals surface area contributed by atoms with E-state index < -0.39 is 0 Å². The van der Waals surface area contributed by atoms with E-state index in [0.29, 0.717) is 0 Å². The first kappa shape index (κ1) is 10.4. The molecule has 2 heteroatoms. The van der Waals surface area contributed by atoms with Crippen molar-refractivity contribution in [1.29, 1.82) is 0 Å². The Morgan fingerprint density at radius 1 is 1.14 bits per heavy atom. The molecule has 14 heavy (non-hydrogen) atoms. The van der Waals surface area contributed by atoms with Gasteiger partial charge in [0.15, 0.2) is 0 Å². The Labute approximate surface area is 87.4 Å². The van der Waals surface area contributed by atoms with Crippen LogP contribution in [-0.2, 0) is 4.74 Å². The van der Waals surface area contributed by atoms with E-state index in [4.69, 9.17) is 4.74 Å². The first-order valence-corrected chi connectivity index (χ1v) is 6.14. The van der Waals surface area contributed by atoms with Crippen LogP contribution in [0.2, 0.25) is 0 Å². The van der Waals surface area contributed by atoms with E-state index >= 15 is 0 Å². The molecule has 1 heterocycles. The molecule has 0 aromatic heterocycles. The fraction of sp³-hybridized carbons (Fsp3) is 1.00. The number of nitrogens with one attached hydrogen (secondary N) is 1. The Morgan fingerprint density at radius 2 is 1.79 bits per heavy atom. The van der Waals surface area contributed by atoms with Gasteiger partial charge in [0, 0.05) is 13.2 Å². The summed E-state index contributed by atoms with van der Waals surface area (Å²) in [5, 5.41) is 3.37. The summed E-state index contributed by atoms with van der Waals surface area (Å²) in [7, 11) is 2.09. The van der Waals surface area contributed by atoms with Gasteiger partial charge in [0.25, 0.3) is 0 Å². The molecule has 2 rings (SSSR count). The topological polar surface area (TPSA) is 21.3 Å². The van der Waals surface area contributed by atoms with Crippen molar-refractivity contribution in [2.45, 2.75) is 32.1 Å². The van der Waals surface area contributed by atoms with Crippen LogP contribution in [0.1, 0.15) is 32.1 Å². The molecule has 1 aliphatic carbocycles. The molecule has 2 aliphatic rings. The van der Waals surface area contributed by atoms with Crippen molar-refractivity contribution in [1.82, 2.24) is 5.32 Å². The minimum atomic E-state index is 0.928. The Balaban J connectivity index is 1.86. The molecule has 0 amide bonds. The second kappa shape index (κ2) is 5.13. The van der Waals surface area contributed by atoms with Gasteiger partial charge in [-0.3, -0.25) is 0 Å². The lowest BCUT2D eigenvalue weighted by atomic mass is 9.68. The first-order chi connectivity index (χ1) is 6.92. The lowest BCUT2D eigenvalue weighted by Gasteiger charge is -2.40. The summed E-state index contributed by atoms with van der Waals surface area (Å²) in [6.45, 7) is 3.21. The SMILES string of the molecule is CNCC(C1CCC1)C1CCOCC1. The van der Waals surface area contributed by atoms with Crippen LogP contribution in [0, 0.1) is 17.8 Å². The van der Waals surface area contributed by atoms with E-state index in [1.807, 2.05) is 0 Å². The van der Waals surface area contributed by atoms with Crippen molar-refractivity contribution in [3.63, 3.8) is 0 Å². The van der Waals surface area contributed by atoms with Gasteiger partial charge >= 0.3 is 0 Å². The van der Waals surface area contributed by atoms with E-state index in [9.17, 15) is 0 Å². The fourth-order valence-electron chi connectivity index (χ4n) is 2.97. The molecule has 1 saturated heterocycles. The van der Waals surface area contributed by atoms with Crippen LogP contribution >= 0.6 is 0 Å². The molecule has 82 valence electrons. The van der Waals surface area contributed by atoms with Crippen molar-refractivity contribution in [3.05, 3.63) is 0 Å². The van der Waals surface area contributed by atoms with Crippen molar-refractivity contribution < 1.29 is 4.74 Å². The molecule has 2 nitrogen and oxygen atoms in total. The molecule has 1 saturated carbocycles. The van der Waals surface area contributed by atoms with E-state index in [2.05, 4.69) is 12.4 Å². The lowest BCUT2D eigenvalue weighted by molar-refractivity contribution is 0.0221. The second-order valence-corrected chi connectivity index (χ2v) is 4.86. The molecule has 2 fully saturated rings. The summed E-state index contributed by atoms with van der Waals surface area (Å²) in [4.78, 5) is 0. The van der Waals surface area contributed by atoms with E-state index in [-0.39, 0.29) is 0 Å². The predicted molar refractivity (Wildman–Crippen MR) is 58.3 cm³/mol. The zero-order chi connectivity index (χ0) is 9.80. The largest absolute Gasteiger partial charge is 0.381 e. The van der Waals surface area contributed by atoms with Gasteiger partial charge in [-0.1, -0.05) is 19.3 Å². The average molecular weight is 197 g/mol. The highest BCUT2D eigenvalue weighted by atomic mass is 16.5. The molecule has 0 aromatic carbocycles. The summed E-state index contributed by atoms with van der Waals surface area (Å²) in [5.74, 6) is 2.88. The van der Waals surface area contributed by atoms with Crippen LogP contribution in [0.4, 0.5) is 0 Å². The van der Waals surface area contributed by atoms with Crippen molar-refractivity contribution in [3.8, 4) is 0 Å². The zero-order valence-electron chi connectivity index (χ0n) is 9.30. The van der Waals surface area contributed by atoms with Gasteiger partial charge in [0.2, 0.25) is 0 Å². The maximum Gasteiger partial charge on any atom is 0.0468 e. The molecule has 1 atom stereocenters. The first-order valence-electron chi connectivity index (χ1n) is 6.14. The third-order valence-corrected chi connectivity index (χ3v) is 4.07. The van der Waals surface area contributed by atoms with Crippen LogP contribution in [0.15, 0.2) is 0 Å². The number of hydrogen-bond donors (Lipinski definition) is 1. The highest BCUT2D eigenvalue weighted by Gasteiger charge is 2.33. The molecule has 1 aliphatic heterocycles. The van der Waals surface area contributed by atoms with Gasteiger partial charge in [-0.25, -0.2) is 0 Å². The third kappa shape index (κ3) is 2.29. The maximum absolute atomic E-state index is 5.44. The Kier molecular flexibility index (Phi) is 3.82. The van der Waals surface area contributed by atoms with Crippen molar-refractivity contribution in [2.24, 2.45) is 17.8 Å². The van der Waals surface area contributed by atoms with Gasteiger partial charge < -0.3 is 10.1 Å². The molecular weight excluding hydrogens is 174 g/mol. The maximum atomic E-state index is 5.44. The second-order valence-electron chi connectivity index (χ2n) is 4.86. The number of rotatable bonds is 4. The molecule has 1 N–H and O–H groups in total. The van der Waals surface area contributed by atoms with Crippen molar-refractivity contribution >= 4 is 0 Å². The van der Waals surface area contributed by atoms with E-state index in [1.165, 1.54) is 38.6 Å². The standard InChI is InChI=1S/C12H23NO/c1-13-9-12(10-3-2-4-10)11-5-7-14-8-6-11/h10-13H,2-9H2,1H3. The van der Waals surface area contributed by atoms with Crippen LogP contribution < -0.4 is 5.32 Å². The number of hydrogen-bond acceptors (Lipinski definition) is 2. The predicted octanol–water partition coefficient (Wildman–Crippen LogP) is 2.05. The Bertz CT molecular complexity index is 162. The lowest BCUT2D eigenvalue weighted by Crippen LogP contribution is -2.37. The molecule has 0 radical (unpaired) electrons. The highest BCUT2D eigenvalue weighted by Crippen LogP contribution is 2.39. The minimum absolute atomic E-state index is 0.928. The molecular formula is C12H23NO. The third-order valence-electron chi connectivity index (χ3n) is 4.07. The van der Waals surface area contributed by atoms with Crippen LogP contribution in [-0.4, -0.2) is 26.8 Å². The fourth-order valence-corrected chi connectivity index (χ4v) is 2.97.